The molecule has 3 heteroatoms. The molecule has 17 heavy (non-hydrogen) atoms. The quantitative estimate of drug-likeness (QED) is 0.867. The number of aromatic nitrogens is 1. The third-order valence-corrected chi connectivity index (χ3v) is 3.75. The first kappa shape index (κ1) is 12.4. The highest BCUT2D eigenvalue weighted by Gasteiger charge is 2.21. The van der Waals surface area contributed by atoms with Gasteiger partial charge in [-0.2, -0.15) is 0 Å². The van der Waals surface area contributed by atoms with Gasteiger partial charge in [0.1, 0.15) is 5.82 Å². The number of hydrogen-bond acceptors (Lipinski definition) is 3. The Morgan fingerprint density at radius 3 is 2.71 bits per heavy atom. The number of anilines is 1. The van der Waals surface area contributed by atoms with E-state index >= 15 is 0 Å². The van der Waals surface area contributed by atoms with Gasteiger partial charge in [-0.3, -0.25) is 0 Å². The van der Waals surface area contributed by atoms with E-state index in [9.17, 15) is 0 Å². The second-order valence-corrected chi connectivity index (χ2v) is 5.07. The molecule has 0 spiro atoms. The van der Waals surface area contributed by atoms with Crippen LogP contribution in [0.2, 0.25) is 0 Å². The summed E-state index contributed by atoms with van der Waals surface area (Å²) in [7, 11) is 2.17. The van der Waals surface area contributed by atoms with Crippen LogP contribution in [0.25, 0.3) is 0 Å². The van der Waals surface area contributed by atoms with Crippen LogP contribution in [-0.2, 0) is 6.42 Å². The van der Waals surface area contributed by atoms with E-state index in [-0.39, 0.29) is 0 Å². The van der Waals surface area contributed by atoms with Crippen molar-refractivity contribution in [2.75, 3.05) is 18.5 Å². The van der Waals surface area contributed by atoms with E-state index in [2.05, 4.69) is 29.9 Å². The lowest BCUT2D eigenvalue weighted by atomic mass is 10.1. The number of hydrogen-bond donors (Lipinski definition) is 1. The Bertz CT molecular complexity index is 370. The molecule has 0 saturated heterocycles. The third kappa shape index (κ3) is 2.78. The van der Waals surface area contributed by atoms with Crippen LogP contribution in [0.4, 0.5) is 5.82 Å². The first-order chi connectivity index (χ1) is 8.22. The zero-order valence-electron chi connectivity index (χ0n) is 10.9. The lowest BCUT2D eigenvalue weighted by Crippen LogP contribution is -2.30. The minimum atomic E-state index is 0.682. The van der Waals surface area contributed by atoms with E-state index in [4.69, 9.17) is 5.73 Å². The Kier molecular flexibility index (Phi) is 4.00. The van der Waals surface area contributed by atoms with Crippen LogP contribution in [0, 0.1) is 6.92 Å². The van der Waals surface area contributed by atoms with Crippen molar-refractivity contribution in [2.45, 2.75) is 45.1 Å². The van der Waals surface area contributed by atoms with Gasteiger partial charge in [0.05, 0.1) is 0 Å². The molecule has 0 radical (unpaired) electrons. The normalized spacial score (nSPS) is 16.4. The third-order valence-electron chi connectivity index (χ3n) is 3.75. The highest BCUT2D eigenvalue weighted by atomic mass is 15.2. The molecule has 0 aromatic carbocycles. The lowest BCUT2D eigenvalue weighted by Gasteiger charge is -2.27. The number of nitrogens with zero attached hydrogens (tertiary/aromatic N) is 2. The van der Waals surface area contributed by atoms with Gasteiger partial charge in [-0.25, -0.2) is 4.98 Å². The van der Waals surface area contributed by atoms with Gasteiger partial charge in [-0.15, -0.1) is 0 Å². The first-order valence-corrected chi connectivity index (χ1v) is 6.61. The van der Waals surface area contributed by atoms with Crippen LogP contribution >= 0.6 is 0 Å². The largest absolute Gasteiger partial charge is 0.356 e. The maximum absolute atomic E-state index is 5.57. The minimum absolute atomic E-state index is 0.682. The van der Waals surface area contributed by atoms with Crippen LogP contribution < -0.4 is 10.6 Å². The van der Waals surface area contributed by atoms with Crippen LogP contribution in [0.5, 0.6) is 0 Å². The lowest BCUT2D eigenvalue weighted by molar-refractivity contribution is 0.644. The van der Waals surface area contributed by atoms with Crippen molar-refractivity contribution >= 4 is 5.82 Å². The fourth-order valence-electron chi connectivity index (χ4n) is 2.76. The Morgan fingerprint density at radius 2 is 2.12 bits per heavy atom. The summed E-state index contributed by atoms with van der Waals surface area (Å²) >= 11 is 0. The molecular formula is C14H23N3. The fraction of sp³-hybridized carbons (Fsp3) is 0.643. The highest BCUT2D eigenvalue weighted by Crippen LogP contribution is 2.27. The van der Waals surface area contributed by atoms with Crippen LogP contribution in [0.3, 0.4) is 0 Å². The van der Waals surface area contributed by atoms with E-state index in [1.807, 2.05) is 6.20 Å². The average molecular weight is 233 g/mol. The molecule has 1 aliphatic rings. The van der Waals surface area contributed by atoms with Crippen molar-refractivity contribution in [1.29, 1.82) is 0 Å². The molecule has 2 N–H and O–H groups in total. The molecule has 94 valence electrons. The van der Waals surface area contributed by atoms with Crippen molar-refractivity contribution in [3.05, 3.63) is 23.4 Å². The zero-order valence-corrected chi connectivity index (χ0v) is 10.9. The Hall–Kier alpha value is -1.09. The van der Waals surface area contributed by atoms with Crippen molar-refractivity contribution in [1.82, 2.24) is 4.98 Å². The van der Waals surface area contributed by atoms with Crippen LogP contribution in [0.1, 0.15) is 36.8 Å². The molecule has 0 atom stereocenters. The topological polar surface area (TPSA) is 42.1 Å². The van der Waals surface area contributed by atoms with Crippen molar-refractivity contribution in [2.24, 2.45) is 5.73 Å². The predicted molar refractivity (Wildman–Crippen MR) is 72.4 cm³/mol. The molecule has 0 amide bonds. The molecule has 1 heterocycles. The average Bonchev–Trinajstić information content (AvgIpc) is 2.82. The van der Waals surface area contributed by atoms with E-state index in [0.717, 1.165) is 12.2 Å². The summed E-state index contributed by atoms with van der Waals surface area (Å²) < 4.78 is 0. The second kappa shape index (κ2) is 5.50. The fourth-order valence-corrected chi connectivity index (χ4v) is 2.76. The summed E-state index contributed by atoms with van der Waals surface area (Å²) in [6, 6.07) is 2.90. The van der Waals surface area contributed by atoms with Gasteiger partial charge in [0, 0.05) is 19.3 Å². The number of rotatable bonds is 4. The summed E-state index contributed by atoms with van der Waals surface area (Å²) in [6.07, 6.45) is 8.23. The van der Waals surface area contributed by atoms with E-state index in [1.165, 1.54) is 36.8 Å². The summed E-state index contributed by atoms with van der Waals surface area (Å²) in [5.41, 5.74) is 8.08. The summed E-state index contributed by atoms with van der Waals surface area (Å²) in [4.78, 5) is 6.97. The summed E-state index contributed by atoms with van der Waals surface area (Å²) in [6.45, 7) is 2.84. The highest BCUT2D eigenvalue weighted by molar-refractivity contribution is 5.47. The van der Waals surface area contributed by atoms with E-state index in [1.54, 1.807) is 0 Å². The Labute approximate surface area is 104 Å². The van der Waals surface area contributed by atoms with Crippen molar-refractivity contribution < 1.29 is 0 Å². The molecular weight excluding hydrogens is 210 g/mol. The number of nitrogens with two attached hydrogens (primary N) is 1. The first-order valence-electron chi connectivity index (χ1n) is 6.61. The summed E-state index contributed by atoms with van der Waals surface area (Å²) in [5.74, 6) is 1.14. The second-order valence-electron chi connectivity index (χ2n) is 5.07. The van der Waals surface area contributed by atoms with Crippen LogP contribution in [0.15, 0.2) is 12.3 Å². The van der Waals surface area contributed by atoms with Gasteiger partial charge < -0.3 is 10.6 Å². The standard InChI is InChI=1S/C14H23N3/c1-11-9-12(7-8-15)10-16-14(11)17(2)13-5-3-4-6-13/h9-10,13H,3-8,15H2,1-2H3. The molecule has 0 bridgehead atoms. The zero-order chi connectivity index (χ0) is 12.3. The van der Waals surface area contributed by atoms with E-state index < -0.39 is 0 Å². The maximum atomic E-state index is 5.57. The van der Waals surface area contributed by atoms with Gasteiger partial charge in [0.15, 0.2) is 0 Å². The predicted octanol–water partition coefficient (Wildman–Crippen LogP) is 2.27. The van der Waals surface area contributed by atoms with Gasteiger partial charge in [-0.1, -0.05) is 18.9 Å². The van der Waals surface area contributed by atoms with Gasteiger partial charge in [0.25, 0.3) is 0 Å². The molecule has 2 rings (SSSR count). The van der Waals surface area contributed by atoms with Gasteiger partial charge >= 0.3 is 0 Å². The molecule has 1 aromatic rings. The smallest absolute Gasteiger partial charge is 0.131 e. The van der Waals surface area contributed by atoms with E-state index in [0.29, 0.717) is 12.6 Å². The van der Waals surface area contributed by atoms with Crippen molar-refractivity contribution in [3.8, 4) is 0 Å². The molecule has 0 aliphatic heterocycles. The Balaban J connectivity index is 2.14. The molecule has 1 fully saturated rings. The molecule has 1 aliphatic carbocycles. The van der Waals surface area contributed by atoms with Crippen LogP contribution in [-0.4, -0.2) is 24.6 Å². The van der Waals surface area contributed by atoms with Gasteiger partial charge in [-0.05, 0) is 43.9 Å². The minimum Gasteiger partial charge on any atom is -0.356 e. The molecule has 3 nitrogen and oxygen atoms in total. The number of pyridine rings is 1. The monoisotopic (exact) mass is 233 g/mol. The van der Waals surface area contributed by atoms with Gasteiger partial charge in [0.2, 0.25) is 0 Å². The molecule has 1 saturated carbocycles. The Morgan fingerprint density at radius 1 is 1.41 bits per heavy atom. The maximum Gasteiger partial charge on any atom is 0.131 e. The molecule has 1 aromatic heterocycles. The summed E-state index contributed by atoms with van der Waals surface area (Å²) in [5, 5.41) is 0. The SMILES string of the molecule is Cc1cc(CCN)cnc1N(C)C1CCCC1. The molecule has 0 unspecified atom stereocenters. The number of aryl methyl sites for hydroxylation is 1. The van der Waals surface area contributed by atoms with Crippen molar-refractivity contribution in [3.63, 3.8) is 0 Å².